The molecule has 0 unspecified atom stereocenters. The highest BCUT2D eigenvalue weighted by Crippen LogP contribution is 2.29. The van der Waals surface area contributed by atoms with E-state index in [0.29, 0.717) is 6.42 Å². The fourth-order valence-electron chi connectivity index (χ4n) is 3.70. The van der Waals surface area contributed by atoms with Gasteiger partial charge in [-0.25, -0.2) is 0 Å². The van der Waals surface area contributed by atoms with Gasteiger partial charge in [0.05, 0.1) is 10.5 Å². The quantitative estimate of drug-likeness (QED) is 0.552. The molecule has 2 aromatic carbocycles. The first-order valence-electron chi connectivity index (χ1n) is 9.70. The summed E-state index contributed by atoms with van der Waals surface area (Å²) in [7, 11) is 0. The second kappa shape index (κ2) is 8.72. The minimum absolute atomic E-state index is 0.241. The molecule has 1 aromatic heterocycles. The Balaban J connectivity index is 1.40. The third kappa shape index (κ3) is 4.34. The van der Waals surface area contributed by atoms with Gasteiger partial charge in [0, 0.05) is 37.6 Å². The Morgan fingerprint density at radius 3 is 2.57 bits per heavy atom. The van der Waals surface area contributed by atoms with Gasteiger partial charge in [0.2, 0.25) is 0 Å². The molecule has 2 heterocycles. The number of hydrogen-bond donors (Lipinski definition) is 0. The first-order valence-corrected chi connectivity index (χ1v) is 10.1. The molecule has 0 atom stereocenters. The van der Waals surface area contributed by atoms with Crippen molar-refractivity contribution in [3.63, 3.8) is 0 Å². The monoisotopic (exact) mass is 394 g/mol. The van der Waals surface area contributed by atoms with Crippen molar-refractivity contribution in [2.24, 2.45) is 0 Å². The van der Waals surface area contributed by atoms with Crippen molar-refractivity contribution in [2.45, 2.75) is 25.4 Å². The van der Waals surface area contributed by atoms with Gasteiger partial charge in [-0.1, -0.05) is 35.9 Å². The molecule has 1 aliphatic rings. The van der Waals surface area contributed by atoms with Crippen molar-refractivity contribution in [3.05, 3.63) is 59.8 Å². The molecular formula is C23H23ClN2O2. The molecule has 0 saturated carbocycles. The zero-order chi connectivity index (χ0) is 19.3. The van der Waals surface area contributed by atoms with Crippen LogP contribution in [0.3, 0.4) is 0 Å². The van der Waals surface area contributed by atoms with E-state index in [1.54, 1.807) is 6.20 Å². The molecular weight excluding hydrogens is 372 g/mol. The Bertz CT molecular complexity index is 950. The number of halogens is 1. The van der Waals surface area contributed by atoms with Gasteiger partial charge in [-0.15, -0.1) is 0 Å². The van der Waals surface area contributed by atoms with Crippen molar-refractivity contribution >= 4 is 28.8 Å². The minimum Gasteiger partial charge on any atom is -0.490 e. The van der Waals surface area contributed by atoms with Crippen LogP contribution < -0.4 is 4.74 Å². The fourth-order valence-corrected chi connectivity index (χ4v) is 3.91. The third-order valence-corrected chi connectivity index (χ3v) is 5.61. The highest BCUT2D eigenvalue weighted by molar-refractivity contribution is 6.35. The van der Waals surface area contributed by atoms with Gasteiger partial charge in [0.15, 0.2) is 0 Å². The van der Waals surface area contributed by atoms with Gasteiger partial charge in [-0.2, -0.15) is 0 Å². The number of fused-ring (bicyclic) bond motifs is 1. The normalized spacial score (nSPS) is 15.6. The maximum absolute atomic E-state index is 10.5. The number of piperidine rings is 1. The standard InChI is InChI=1S/C23H23ClN2O2/c24-22-8-11-25-23-16-18(4-7-21(22)23)17-2-5-19(6-3-17)28-20-9-13-26(14-10-20)12-1-15-27/h2-8,11,15-16,20H,1,9-10,12-14H2. The van der Waals surface area contributed by atoms with Crippen molar-refractivity contribution < 1.29 is 9.53 Å². The maximum atomic E-state index is 10.5. The molecule has 0 N–H and O–H groups in total. The molecule has 1 fully saturated rings. The van der Waals surface area contributed by atoms with E-state index in [0.717, 1.165) is 71.6 Å². The van der Waals surface area contributed by atoms with Gasteiger partial charge >= 0.3 is 0 Å². The maximum Gasteiger partial charge on any atom is 0.121 e. The van der Waals surface area contributed by atoms with E-state index in [1.807, 2.05) is 24.3 Å². The Hall–Kier alpha value is -2.43. The van der Waals surface area contributed by atoms with Crippen LogP contribution in [0.25, 0.3) is 22.0 Å². The number of benzene rings is 2. The van der Waals surface area contributed by atoms with Gasteiger partial charge in [-0.05, 0) is 48.2 Å². The average Bonchev–Trinajstić information content (AvgIpc) is 2.74. The second-order valence-electron chi connectivity index (χ2n) is 7.16. The molecule has 28 heavy (non-hydrogen) atoms. The predicted molar refractivity (Wildman–Crippen MR) is 113 cm³/mol. The van der Waals surface area contributed by atoms with Crippen molar-refractivity contribution in [1.82, 2.24) is 9.88 Å². The van der Waals surface area contributed by atoms with E-state index < -0.39 is 0 Å². The Kier molecular flexibility index (Phi) is 5.89. The van der Waals surface area contributed by atoms with E-state index in [4.69, 9.17) is 16.3 Å². The topological polar surface area (TPSA) is 42.4 Å². The number of hydrogen-bond acceptors (Lipinski definition) is 4. The van der Waals surface area contributed by atoms with Crippen LogP contribution in [0.15, 0.2) is 54.7 Å². The summed E-state index contributed by atoms with van der Waals surface area (Å²) in [6.45, 7) is 2.84. The van der Waals surface area contributed by atoms with E-state index in [-0.39, 0.29) is 6.10 Å². The summed E-state index contributed by atoms with van der Waals surface area (Å²) in [6.07, 6.45) is 5.57. The van der Waals surface area contributed by atoms with Gasteiger partial charge in [0.1, 0.15) is 18.1 Å². The Morgan fingerprint density at radius 2 is 1.82 bits per heavy atom. The smallest absolute Gasteiger partial charge is 0.121 e. The molecule has 144 valence electrons. The molecule has 1 aliphatic heterocycles. The van der Waals surface area contributed by atoms with E-state index in [1.165, 1.54) is 0 Å². The first-order chi connectivity index (χ1) is 13.7. The molecule has 0 spiro atoms. The van der Waals surface area contributed by atoms with Crippen LogP contribution in [-0.4, -0.2) is 41.9 Å². The number of rotatable bonds is 6. The highest BCUT2D eigenvalue weighted by Gasteiger charge is 2.20. The molecule has 0 bridgehead atoms. The van der Waals surface area contributed by atoms with Crippen LogP contribution in [0.2, 0.25) is 5.02 Å². The summed E-state index contributed by atoms with van der Waals surface area (Å²) >= 11 is 6.23. The Morgan fingerprint density at radius 1 is 1.07 bits per heavy atom. The summed E-state index contributed by atoms with van der Waals surface area (Å²) < 4.78 is 6.16. The number of aldehydes is 1. The number of likely N-dealkylation sites (tertiary alicyclic amines) is 1. The summed E-state index contributed by atoms with van der Waals surface area (Å²) in [5.41, 5.74) is 3.13. The number of pyridine rings is 1. The lowest BCUT2D eigenvalue weighted by Crippen LogP contribution is -2.38. The minimum atomic E-state index is 0.241. The predicted octanol–water partition coefficient (Wildman–Crippen LogP) is 4.99. The summed E-state index contributed by atoms with van der Waals surface area (Å²) in [5.74, 6) is 0.900. The van der Waals surface area contributed by atoms with Gasteiger partial charge in [0.25, 0.3) is 0 Å². The van der Waals surface area contributed by atoms with Gasteiger partial charge in [-0.3, -0.25) is 4.98 Å². The average molecular weight is 395 g/mol. The van der Waals surface area contributed by atoms with Gasteiger partial charge < -0.3 is 14.4 Å². The summed E-state index contributed by atoms with van der Waals surface area (Å²) in [4.78, 5) is 17.2. The fraction of sp³-hybridized carbons (Fsp3) is 0.304. The lowest BCUT2D eigenvalue weighted by atomic mass is 10.0. The number of aromatic nitrogens is 1. The molecule has 0 radical (unpaired) electrons. The molecule has 1 saturated heterocycles. The van der Waals surface area contributed by atoms with E-state index in [2.05, 4.69) is 34.1 Å². The van der Waals surface area contributed by atoms with Crippen LogP contribution in [0.1, 0.15) is 19.3 Å². The molecule has 0 aliphatic carbocycles. The number of ether oxygens (including phenoxy) is 1. The van der Waals surface area contributed by atoms with Crippen LogP contribution >= 0.6 is 11.6 Å². The molecule has 4 nitrogen and oxygen atoms in total. The lowest BCUT2D eigenvalue weighted by molar-refractivity contribution is -0.108. The molecule has 0 amide bonds. The molecule has 5 heteroatoms. The largest absolute Gasteiger partial charge is 0.490 e. The number of carbonyl (C=O) groups is 1. The van der Waals surface area contributed by atoms with Crippen LogP contribution in [0.4, 0.5) is 0 Å². The Labute approximate surface area is 170 Å². The van der Waals surface area contributed by atoms with Crippen LogP contribution in [0, 0.1) is 0 Å². The number of carbonyl (C=O) groups excluding carboxylic acids is 1. The second-order valence-corrected chi connectivity index (χ2v) is 7.57. The summed E-state index contributed by atoms with van der Waals surface area (Å²) in [6, 6.07) is 16.2. The number of nitrogens with zero attached hydrogens (tertiary/aromatic N) is 2. The van der Waals surface area contributed by atoms with E-state index in [9.17, 15) is 4.79 Å². The zero-order valence-corrected chi connectivity index (χ0v) is 16.4. The molecule has 3 aromatic rings. The summed E-state index contributed by atoms with van der Waals surface area (Å²) in [5, 5.41) is 1.69. The molecule has 4 rings (SSSR count). The van der Waals surface area contributed by atoms with Crippen LogP contribution in [-0.2, 0) is 4.79 Å². The first kappa shape index (κ1) is 18.9. The van der Waals surface area contributed by atoms with E-state index >= 15 is 0 Å². The van der Waals surface area contributed by atoms with Crippen molar-refractivity contribution in [3.8, 4) is 16.9 Å². The zero-order valence-electron chi connectivity index (χ0n) is 15.7. The third-order valence-electron chi connectivity index (χ3n) is 5.28. The SMILES string of the molecule is O=CCCN1CCC(Oc2ccc(-c3ccc4c(Cl)ccnc4c3)cc2)CC1. The van der Waals surface area contributed by atoms with Crippen LogP contribution in [0.5, 0.6) is 5.75 Å². The lowest BCUT2D eigenvalue weighted by Gasteiger charge is -2.31. The van der Waals surface area contributed by atoms with Crippen molar-refractivity contribution in [2.75, 3.05) is 19.6 Å². The van der Waals surface area contributed by atoms with Crippen molar-refractivity contribution in [1.29, 1.82) is 0 Å². The highest BCUT2D eigenvalue weighted by atomic mass is 35.5.